The summed E-state index contributed by atoms with van der Waals surface area (Å²) < 4.78 is 5.43. The second kappa shape index (κ2) is 7.24. The molecule has 5 nitrogen and oxygen atoms in total. The van der Waals surface area contributed by atoms with Crippen LogP contribution in [-0.4, -0.2) is 49.1 Å². The van der Waals surface area contributed by atoms with Gasteiger partial charge in [-0.3, -0.25) is 9.78 Å². The molecular weight excluding hydrogens is 290 g/mol. The van der Waals surface area contributed by atoms with Gasteiger partial charge in [0, 0.05) is 44.8 Å². The van der Waals surface area contributed by atoms with Gasteiger partial charge in [-0.25, -0.2) is 0 Å². The Bertz CT molecular complexity index is 654. The van der Waals surface area contributed by atoms with Gasteiger partial charge in [0.25, 0.3) is 5.91 Å². The minimum absolute atomic E-state index is 0.0186. The normalized spacial score (nSPS) is 14.6. The zero-order valence-electron chi connectivity index (χ0n) is 13.3. The molecule has 2 heterocycles. The fourth-order valence-corrected chi connectivity index (χ4v) is 2.79. The lowest BCUT2D eigenvalue weighted by Crippen LogP contribution is -2.37. The van der Waals surface area contributed by atoms with Gasteiger partial charge in [-0.1, -0.05) is 18.2 Å². The van der Waals surface area contributed by atoms with Crippen molar-refractivity contribution in [2.24, 2.45) is 0 Å². The molecule has 1 aliphatic heterocycles. The molecule has 0 saturated carbocycles. The lowest BCUT2D eigenvalue weighted by atomic mass is 10.1. The second-order valence-corrected chi connectivity index (χ2v) is 5.63. The van der Waals surface area contributed by atoms with Gasteiger partial charge in [-0.15, -0.1) is 0 Å². The van der Waals surface area contributed by atoms with E-state index in [4.69, 9.17) is 4.74 Å². The molecule has 0 N–H and O–H groups in total. The molecule has 23 heavy (non-hydrogen) atoms. The Hall–Kier alpha value is -2.40. The highest BCUT2D eigenvalue weighted by Crippen LogP contribution is 2.23. The van der Waals surface area contributed by atoms with Crippen LogP contribution < -0.4 is 4.90 Å². The predicted octanol–water partition coefficient (Wildman–Crippen LogP) is 2.19. The summed E-state index contributed by atoms with van der Waals surface area (Å²) in [5.41, 5.74) is 2.94. The summed E-state index contributed by atoms with van der Waals surface area (Å²) in [6.07, 6.45) is 3.28. The molecule has 3 rings (SSSR count). The molecule has 120 valence electrons. The van der Waals surface area contributed by atoms with Crippen molar-refractivity contribution in [3.63, 3.8) is 0 Å². The van der Waals surface area contributed by atoms with E-state index in [0.717, 1.165) is 31.9 Å². The lowest BCUT2D eigenvalue weighted by Gasteiger charge is -2.31. The Morgan fingerprint density at radius 2 is 2.00 bits per heavy atom. The first-order valence-corrected chi connectivity index (χ1v) is 7.82. The van der Waals surface area contributed by atoms with Gasteiger partial charge in [-0.2, -0.15) is 0 Å². The molecule has 1 aromatic carbocycles. The number of rotatable bonds is 4. The van der Waals surface area contributed by atoms with Crippen molar-refractivity contribution in [1.82, 2.24) is 9.88 Å². The van der Waals surface area contributed by atoms with Crippen LogP contribution in [0.1, 0.15) is 15.9 Å². The van der Waals surface area contributed by atoms with Crippen LogP contribution in [0.2, 0.25) is 0 Å². The number of anilines is 1. The van der Waals surface area contributed by atoms with Crippen molar-refractivity contribution in [2.75, 3.05) is 38.3 Å². The number of hydrogen-bond donors (Lipinski definition) is 0. The molecule has 1 aromatic heterocycles. The maximum atomic E-state index is 12.5. The number of pyridine rings is 1. The number of benzene rings is 1. The molecule has 0 bridgehead atoms. The summed E-state index contributed by atoms with van der Waals surface area (Å²) in [6, 6.07) is 11.8. The average molecular weight is 311 g/mol. The number of para-hydroxylation sites is 1. The Balaban J connectivity index is 1.76. The first-order valence-electron chi connectivity index (χ1n) is 7.82. The van der Waals surface area contributed by atoms with E-state index < -0.39 is 0 Å². The van der Waals surface area contributed by atoms with E-state index in [1.54, 1.807) is 29.4 Å². The van der Waals surface area contributed by atoms with Gasteiger partial charge in [0.1, 0.15) is 0 Å². The summed E-state index contributed by atoms with van der Waals surface area (Å²) in [4.78, 5) is 20.6. The number of nitrogens with zero attached hydrogens (tertiary/aromatic N) is 3. The molecule has 1 fully saturated rings. The predicted molar refractivity (Wildman–Crippen MR) is 89.5 cm³/mol. The highest BCUT2D eigenvalue weighted by atomic mass is 16.5. The van der Waals surface area contributed by atoms with Crippen LogP contribution in [-0.2, 0) is 11.3 Å². The Morgan fingerprint density at radius 3 is 2.74 bits per heavy atom. The van der Waals surface area contributed by atoms with Gasteiger partial charge in [0.05, 0.1) is 18.8 Å². The summed E-state index contributed by atoms with van der Waals surface area (Å²) in [5, 5.41) is 0. The summed E-state index contributed by atoms with van der Waals surface area (Å²) in [7, 11) is 1.82. The zero-order chi connectivity index (χ0) is 16.1. The summed E-state index contributed by atoms with van der Waals surface area (Å²) in [6.45, 7) is 3.84. The molecule has 1 aliphatic rings. The molecule has 1 saturated heterocycles. The second-order valence-electron chi connectivity index (χ2n) is 5.63. The number of carbonyl (C=O) groups is 1. The van der Waals surface area contributed by atoms with Gasteiger partial charge < -0.3 is 14.5 Å². The van der Waals surface area contributed by atoms with Crippen molar-refractivity contribution in [3.05, 3.63) is 59.9 Å². The highest BCUT2D eigenvalue weighted by Gasteiger charge is 2.17. The van der Waals surface area contributed by atoms with Crippen molar-refractivity contribution in [2.45, 2.75) is 6.54 Å². The SMILES string of the molecule is CN(Cc1ccccc1N1CCOCC1)C(=O)c1cccnc1. The van der Waals surface area contributed by atoms with E-state index in [1.807, 2.05) is 19.2 Å². The van der Waals surface area contributed by atoms with Crippen molar-refractivity contribution >= 4 is 11.6 Å². The number of aromatic nitrogens is 1. The van der Waals surface area contributed by atoms with E-state index >= 15 is 0 Å². The molecule has 2 aromatic rings. The van der Waals surface area contributed by atoms with Crippen LogP contribution >= 0.6 is 0 Å². The van der Waals surface area contributed by atoms with E-state index in [1.165, 1.54) is 5.69 Å². The van der Waals surface area contributed by atoms with Crippen LogP contribution in [0.5, 0.6) is 0 Å². The van der Waals surface area contributed by atoms with Gasteiger partial charge >= 0.3 is 0 Å². The summed E-state index contributed by atoms with van der Waals surface area (Å²) in [5.74, 6) is -0.0186. The molecule has 5 heteroatoms. The quantitative estimate of drug-likeness (QED) is 0.868. The van der Waals surface area contributed by atoms with Crippen LogP contribution in [0.15, 0.2) is 48.8 Å². The number of hydrogen-bond acceptors (Lipinski definition) is 4. The van der Waals surface area contributed by atoms with Crippen LogP contribution in [0.4, 0.5) is 5.69 Å². The van der Waals surface area contributed by atoms with Gasteiger partial charge in [0.2, 0.25) is 0 Å². The molecule has 0 atom stereocenters. The number of carbonyl (C=O) groups excluding carboxylic acids is 1. The third kappa shape index (κ3) is 3.68. The highest BCUT2D eigenvalue weighted by molar-refractivity contribution is 5.93. The molecular formula is C18H21N3O2. The number of ether oxygens (including phenoxy) is 1. The number of amides is 1. The maximum absolute atomic E-state index is 12.5. The molecule has 0 aliphatic carbocycles. The third-order valence-corrected chi connectivity index (χ3v) is 4.01. The molecule has 0 spiro atoms. The lowest BCUT2D eigenvalue weighted by molar-refractivity contribution is 0.0784. The summed E-state index contributed by atoms with van der Waals surface area (Å²) >= 11 is 0. The fourth-order valence-electron chi connectivity index (χ4n) is 2.79. The fraction of sp³-hybridized carbons (Fsp3) is 0.333. The minimum atomic E-state index is -0.0186. The van der Waals surface area contributed by atoms with E-state index in [0.29, 0.717) is 12.1 Å². The van der Waals surface area contributed by atoms with Crippen LogP contribution in [0.3, 0.4) is 0 Å². The first kappa shape index (κ1) is 15.5. The molecule has 0 radical (unpaired) electrons. The van der Waals surface area contributed by atoms with Gasteiger partial charge in [-0.05, 0) is 23.8 Å². The van der Waals surface area contributed by atoms with Crippen molar-refractivity contribution in [3.8, 4) is 0 Å². The smallest absolute Gasteiger partial charge is 0.255 e. The zero-order valence-corrected chi connectivity index (χ0v) is 13.3. The largest absolute Gasteiger partial charge is 0.378 e. The van der Waals surface area contributed by atoms with E-state index in [9.17, 15) is 4.79 Å². The maximum Gasteiger partial charge on any atom is 0.255 e. The van der Waals surface area contributed by atoms with E-state index in [2.05, 4.69) is 22.0 Å². The van der Waals surface area contributed by atoms with Crippen molar-refractivity contribution in [1.29, 1.82) is 0 Å². The Morgan fingerprint density at radius 1 is 1.22 bits per heavy atom. The molecule has 1 amide bonds. The van der Waals surface area contributed by atoms with Crippen LogP contribution in [0.25, 0.3) is 0 Å². The third-order valence-electron chi connectivity index (χ3n) is 4.01. The van der Waals surface area contributed by atoms with Crippen LogP contribution in [0, 0.1) is 0 Å². The van der Waals surface area contributed by atoms with E-state index in [-0.39, 0.29) is 5.91 Å². The van der Waals surface area contributed by atoms with Crippen molar-refractivity contribution < 1.29 is 9.53 Å². The Labute approximate surface area is 136 Å². The number of morpholine rings is 1. The molecule has 0 unspecified atom stereocenters. The first-order chi connectivity index (χ1) is 11.3. The average Bonchev–Trinajstić information content (AvgIpc) is 2.63. The minimum Gasteiger partial charge on any atom is -0.378 e. The standard InChI is InChI=1S/C18H21N3O2/c1-20(18(22)15-6-4-8-19-13-15)14-16-5-2-3-7-17(16)21-9-11-23-12-10-21/h2-8,13H,9-12,14H2,1H3. The topological polar surface area (TPSA) is 45.7 Å². The Kier molecular flexibility index (Phi) is 4.88. The monoisotopic (exact) mass is 311 g/mol. The van der Waals surface area contributed by atoms with Gasteiger partial charge in [0.15, 0.2) is 0 Å².